The Hall–Kier alpha value is -2.26. The monoisotopic (exact) mass is 352 g/mol. The molecule has 1 aliphatic rings. The molecule has 1 atom stereocenters. The van der Waals surface area contributed by atoms with Crippen molar-refractivity contribution in [2.24, 2.45) is 0 Å². The van der Waals surface area contributed by atoms with Gasteiger partial charge in [-0.1, -0.05) is 31.5 Å². The minimum Gasteiger partial charge on any atom is -0.286 e. The lowest BCUT2D eigenvalue weighted by molar-refractivity contribution is -0.122. The molecule has 0 aliphatic carbocycles. The van der Waals surface area contributed by atoms with Crippen molar-refractivity contribution in [3.63, 3.8) is 0 Å². The number of amides is 3. The minimum atomic E-state index is -3.97. The third kappa shape index (κ3) is 3.31. The zero-order valence-electron chi connectivity index (χ0n) is 13.5. The molecular weight excluding hydrogens is 332 g/mol. The highest BCUT2D eigenvalue weighted by molar-refractivity contribution is 7.89. The molecule has 24 heavy (non-hydrogen) atoms. The van der Waals surface area contributed by atoms with E-state index in [1.54, 1.807) is 18.2 Å². The number of imide groups is 1. The molecule has 1 fully saturated rings. The lowest BCUT2D eigenvalue weighted by Crippen LogP contribution is -2.65. The normalized spacial score (nSPS) is 18.9. The average Bonchev–Trinajstić information content (AvgIpc) is 2.55. The molecule has 0 aromatic heterocycles. The van der Waals surface area contributed by atoms with Gasteiger partial charge in [0.05, 0.1) is 4.90 Å². The van der Waals surface area contributed by atoms with E-state index in [2.05, 4.69) is 5.32 Å². The molecular formula is C15H20N4O4S. The fourth-order valence-electron chi connectivity index (χ4n) is 2.40. The zero-order valence-corrected chi connectivity index (χ0v) is 14.3. The maximum Gasteiger partial charge on any atom is 0.329 e. The summed E-state index contributed by atoms with van der Waals surface area (Å²) in [5, 5.41) is 10.3. The molecule has 0 bridgehead atoms. The number of hydrogen-bond donors (Lipinski definition) is 2. The van der Waals surface area contributed by atoms with E-state index in [4.69, 9.17) is 5.41 Å². The van der Waals surface area contributed by atoms with E-state index in [9.17, 15) is 18.0 Å². The van der Waals surface area contributed by atoms with E-state index in [-0.39, 0.29) is 17.3 Å². The van der Waals surface area contributed by atoms with Gasteiger partial charge >= 0.3 is 6.03 Å². The maximum atomic E-state index is 12.7. The first-order valence-electron chi connectivity index (χ1n) is 7.54. The second-order valence-corrected chi connectivity index (χ2v) is 7.42. The van der Waals surface area contributed by atoms with Crippen LogP contribution >= 0.6 is 0 Å². The highest BCUT2D eigenvalue weighted by atomic mass is 32.2. The molecule has 1 saturated heterocycles. The standard InChI is InChI=1S/C15H20N4O4S/c1-3-4-10-19-13(16)12(14(20)17-15(19)21)18(2)24(22,23)11-8-6-5-7-9-11/h5-9,12,16H,3-4,10H2,1-2H3,(H,17,20,21). The van der Waals surface area contributed by atoms with Crippen LogP contribution in [0, 0.1) is 5.41 Å². The summed E-state index contributed by atoms with van der Waals surface area (Å²) in [6.45, 7) is 2.18. The van der Waals surface area contributed by atoms with Crippen molar-refractivity contribution in [2.75, 3.05) is 13.6 Å². The number of likely N-dealkylation sites (N-methyl/N-ethyl adjacent to an activating group) is 1. The number of carbonyl (C=O) groups is 2. The molecule has 9 heteroatoms. The Balaban J connectivity index is 2.33. The molecule has 8 nitrogen and oxygen atoms in total. The van der Waals surface area contributed by atoms with Gasteiger partial charge in [-0.25, -0.2) is 13.2 Å². The number of benzene rings is 1. The summed E-state index contributed by atoms with van der Waals surface area (Å²) in [5.74, 6) is -1.15. The number of sulfonamides is 1. The molecule has 3 amide bonds. The second-order valence-electron chi connectivity index (χ2n) is 5.42. The Labute approximate surface area is 141 Å². The molecule has 0 radical (unpaired) electrons. The van der Waals surface area contributed by atoms with Crippen molar-refractivity contribution in [1.82, 2.24) is 14.5 Å². The number of hydrogen-bond acceptors (Lipinski definition) is 5. The van der Waals surface area contributed by atoms with Gasteiger partial charge < -0.3 is 0 Å². The fraction of sp³-hybridized carbons (Fsp3) is 0.400. The Morgan fingerprint density at radius 1 is 1.25 bits per heavy atom. The predicted octanol–water partition coefficient (Wildman–Crippen LogP) is 1.00. The van der Waals surface area contributed by atoms with Crippen molar-refractivity contribution in [1.29, 1.82) is 5.41 Å². The van der Waals surface area contributed by atoms with Crippen LogP contribution in [0.2, 0.25) is 0 Å². The van der Waals surface area contributed by atoms with Crippen LogP contribution in [0.15, 0.2) is 35.2 Å². The van der Waals surface area contributed by atoms with Gasteiger partial charge in [0, 0.05) is 13.6 Å². The summed E-state index contributed by atoms with van der Waals surface area (Å²) in [5.41, 5.74) is 0. The Morgan fingerprint density at radius 3 is 2.46 bits per heavy atom. The van der Waals surface area contributed by atoms with Crippen LogP contribution in [-0.2, 0) is 14.8 Å². The first-order valence-corrected chi connectivity index (χ1v) is 8.98. The van der Waals surface area contributed by atoms with Crippen LogP contribution in [0.25, 0.3) is 0 Å². The average molecular weight is 352 g/mol. The van der Waals surface area contributed by atoms with E-state index >= 15 is 0 Å². The summed E-state index contributed by atoms with van der Waals surface area (Å²) in [7, 11) is -2.74. The molecule has 2 N–H and O–H groups in total. The van der Waals surface area contributed by atoms with Gasteiger partial charge in [0.1, 0.15) is 5.84 Å². The fourth-order valence-corrected chi connectivity index (χ4v) is 3.70. The summed E-state index contributed by atoms with van der Waals surface area (Å²) in [6, 6.07) is 5.57. The Kier molecular flexibility index (Phi) is 5.35. The van der Waals surface area contributed by atoms with Crippen molar-refractivity contribution in [2.45, 2.75) is 30.7 Å². The minimum absolute atomic E-state index is 0.0186. The predicted molar refractivity (Wildman–Crippen MR) is 88.1 cm³/mol. The van der Waals surface area contributed by atoms with Crippen LogP contribution in [0.1, 0.15) is 19.8 Å². The Bertz CT molecular complexity index is 748. The van der Waals surface area contributed by atoms with Crippen molar-refractivity contribution in [3.05, 3.63) is 30.3 Å². The number of carbonyl (C=O) groups excluding carboxylic acids is 2. The Morgan fingerprint density at radius 2 is 1.88 bits per heavy atom. The van der Waals surface area contributed by atoms with Gasteiger partial charge in [-0.2, -0.15) is 4.31 Å². The lowest BCUT2D eigenvalue weighted by atomic mass is 10.1. The van der Waals surface area contributed by atoms with Crippen molar-refractivity contribution < 1.29 is 18.0 Å². The molecule has 1 aromatic rings. The zero-order chi connectivity index (χ0) is 17.9. The summed E-state index contributed by atoms with van der Waals surface area (Å²) in [4.78, 5) is 25.2. The van der Waals surface area contributed by atoms with E-state index in [0.717, 1.165) is 15.6 Å². The third-order valence-corrected chi connectivity index (χ3v) is 5.63. The highest BCUT2D eigenvalue weighted by Crippen LogP contribution is 2.19. The number of nitrogens with one attached hydrogen (secondary N) is 2. The number of unbranched alkanes of at least 4 members (excludes halogenated alkanes) is 1. The van der Waals surface area contributed by atoms with Crippen molar-refractivity contribution >= 4 is 27.8 Å². The van der Waals surface area contributed by atoms with Crippen LogP contribution in [-0.4, -0.2) is 55.0 Å². The summed E-state index contributed by atoms with van der Waals surface area (Å²) < 4.78 is 26.2. The van der Waals surface area contributed by atoms with Crippen LogP contribution in [0.4, 0.5) is 4.79 Å². The van der Waals surface area contributed by atoms with Crippen LogP contribution < -0.4 is 5.32 Å². The maximum absolute atomic E-state index is 12.7. The number of amidine groups is 1. The van der Waals surface area contributed by atoms with Crippen LogP contribution in [0.5, 0.6) is 0 Å². The van der Waals surface area contributed by atoms with Gasteiger partial charge in [-0.3, -0.25) is 20.4 Å². The second kappa shape index (κ2) is 7.10. The SMILES string of the molecule is CCCCN1C(=N)C(N(C)S(=O)(=O)c2ccccc2)C(=O)NC1=O. The van der Waals surface area contributed by atoms with Gasteiger partial charge in [0.2, 0.25) is 10.0 Å². The van der Waals surface area contributed by atoms with Gasteiger partial charge in [0.25, 0.3) is 5.91 Å². The van der Waals surface area contributed by atoms with E-state index in [1.165, 1.54) is 19.2 Å². The first-order chi connectivity index (χ1) is 11.3. The van der Waals surface area contributed by atoms with Crippen LogP contribution in [0.3, 0.4) is 0 Å². The molecule has 0 saturated carbocycles. The molecule has 130 valence electrons. The third-order valence-electron chi connectivity index (χ3n) is 3.79. The highest BCUT2D eigenvalue weighted by Gasteiger charge is 2.43. The van der Waals surface area contributed by atoms with E-state index in [1.807, 2.05) is 6.92 Å². The van der Waals surface area contributed by atoms with Gasteiger partial charge in [-0.15, -0.1) is 0 Å². The van der Waals surface area contributed by atoms with Gasteiger partial charge in [-0.05, 0) is 18.6 Å². The molecule has 1 unspecified atom stereocenters. The molecule has 1 aromatic carbocycles. The summed E-state index contributed by atoms with van der Waals surface area (Å²) >= 11 is 0. The smallest absolute Gasteiger partial charge is 0.286 e. The molecule has 1 heterocycles. The quantitative estimate of drug-likeness (QED) is 0.796. The topological polar surface area (TPSA) is 111 Å². The number of urea groups is 1. The van der Waals surface area contributed by atoms with E-state index < -0.39 is 28.0 Å². The van der Waals surface area contributed by atoms with Gasteiger partial charge in [0.15, 0.2) is 6.04 Å². The number of rotatable bonds is 6. The first kappa shape index (κ1) is 18.1. The molecule has 1 aliphatic heterocycles. The molecule has 2 rings (SSSR count). The molecule has 0 spiro atoms. The van der Waals surface area contributed by atoms with E-state index in [0.29, 0.717) is 6.42 Å². The largest absolute Gasteiger partial charge is 0.329 e. The van der Waals surface area contributed by atoms with Crippen molar-refractivity contribution in [3.8, 4) is 0 Å². The summed E-state index contributed by atoms with van der Waals surface area (Å²) in [6.07, 6.45) is 1.44. The lowest BCUT2D eigenvalue weighted by Gasteiger charge is -2.36. The number of nitrogens with zero attached hydrogens (tertiary/aromatic N) is 2.